The molecule has 0 spiro atoms. The molecule has 0 aliphatic rings. The summed E-state index contributed by atoms with van der Waals surface area (Å²) in [5, 5.41) is 0. The molecule has 1 aromatic carbocycles. The number of hydrogen-bond donors (Lipinski definition) is 0. The maximum Gasteiger partial charge on any atom is 0.0743 e. The number of aryl methyl sites for hydroxylation is 2. The van der Waals surface area contributed by atoms with Gasteiger partial charge in [-0.3, -0.25) is 0 Å². The van der Waals surface area contributed by atoms with E-state index in [2.05, 4.69) is 12.1 Å². The molecule has 1 aromatic rings. The molecule has 0 bridgehead atoms. The molecule has 0 amide bonds. The Bertz CT molecular complexity index is 233. The summed E-state index contributed by atoms with van der Waals surface area (Å²) in [5.74, 6) is 0.839. The predicted molar refractivity (Wildman–Crippen MR) is 41.3 cm³/mol. The van der Waals surface area contributed by atoms with Crippen LogP contribution in [0, 0.1) is 19.9 Å². The minimum atomic E-state index is 0. The van der Waals surface area contributed by atoms with Gasteiger partial charge in [0.2, 0.25) is 0 Å². The molecular weight excluding hydrogens is 213 g/mol. The van der Waals surface area contributed by atoms with Gasteiger partial charge in [-0.05, 0) is 0 Å². The average Bonchev–Trinajstić information content (AvgIpc) is 1.88. The van der Waals surface area contributed by atoms with E-state index in [0.717, 1.165) is 11.3 Å². The predicted octanol–water partition coefficient (Wildman–Crippen LogP) is 2.11. The van der Waals surface area contributed by atoms with Crippen molar-refractivity contribution in [3.8, 4) is 5.75 Å². The molecule has 0 aliphatic heterocycles. The van der Waals surface area contributed by atoms with Crippen LogP contribution in [-0.2, 0) is 32.7 Å². The Labute approximate surface area is 93.0 Å². The van der Waals surface area contributed by atoms with Crippen LogP contribution >= 0.6 is 0 Å². The number of benzene rings is 1. The molecule has 0 atom stereocenters. The summed E-state index contributed by atoms with van der Waals surface area (Å²) in [6, 6.07) is 7.03. The summed E-state index contributed by atoms with van der Waals surface area (Å²) in [5.41, 5.74) is 2.36. The van der Waals surface area contributed by atoms with Crippen LogP contribution in [-0.4, -0.2) is 7.11 Å². The fourth-order valence-electron chi connectivity index (χ4n) is 0.962. The summed E-state index contributed by atoms with van der Waals surface area (Å²) in [6.45, 7) is 4.06. The van der Waals surface area contributed by atoms with E-state index < -0.39 is 0 Å². The molecule has 2 heteroatoms. The van der Waals surface area contributed by atoms with Gasteiger partial charge in [0.25, 0.3) is 0 Å². The van der Waals surface area contributed by atoms with Crippen LogP contribution in [0.25, 0.3) is 0 Å². The van der Waals surface area contributed by atoms with Crippen LogP contribution < -0.4 is 4.74 Å². The first-order valence-corrected chi connectivity index (χ1v) is 3.27. The van der Waals surface area contributed by atoms with Gasteiger partial charge in [-0.15, -0.1) is 11.6 Å². The second-order valence-electron chi connectivity index (χ2n) is 2.39. The Hall–Kier alpha value is 0.124. The summed E-state index contributed by atoms with van der Waals surface area (Å²) < 4.78 is 5.04. The summed E-state index contributed by atoms with van der Waals surface area (Å²) >= 11 is 0. The van der Waals surface area contributed by atoms with Crippen molar-refractivity contribution in [1.82, 2.24) is 0 Å². The molecule has 0 N–H and O–H groups in total. The smallest absolute Gasteiger partial charge is 0.0743 e. The number of hydrogen-bond acceptors (Lipinski definition) is 1. The van der Waals surface area contributed by atoms with Gasteiger partial charge in [0.05, 0.1) is 7.11 Å². The van der Waals surface area contributed by atoms with Crippen LogP contribution in [0.4, 0.5) is 0 Å². The molecule has 0 fully saturated rings. The number of methoxy groups -OCH3 is 1. The molecular formula is C9H11OY-. The molecule has 1 nitrogen and oxygen atoms in total. The molecule has 0 unspecified atom stereocenters. The monoisotopic (exact) mass is 224 g/mol. The first-order chi connectivity index (χ1) is 4.74. The van der Waals surface area contributed by atoms with Gasteiger partial charge >= 0.3 is 0 Å². The Balaban J connectivity index is 0.000001000. The van der Waals surface area contributed by atoms with Gasteiger partial charge in [-0.25, -0.2) is 0 Å². The molecule has 0 saturated carbocycles. The Morgan fingerprint density at radius 3 is 2.45 bits per heavy atom. The molecule has 1 rings (SSSR count). The van der Waals surface area contributed by atoms with Crippen LogP contribution in [0.3, 0.4) is 0 Å². The van der Waals surface area contributed by atoms with Gasteiger partial charge in [-0.1, -0.05) is 13.8 Å². The second kappa shape index (κ2) is 4.89. The zero-order valence-electron chi connectivity index (χ0n) is 7.14. The first-order valence-electron chi connectivity index (χ1n) is 3.27. The van der Waals surface area contributed by atoms with Crippen molar-refractivity contribution < 1.29 is 37.4 Å². The van der Waals surface area contributed by atoms with E-state index in [9.17, 15) is 0 Å². The topological polar surface area (TPSA) is 9.23 Å². The third kappa shape index (κ3) is 2.92. The van der Waals surface area contributed by atoms with Gasteiger partial charge in [0, 0.05) is 38.5 Å². The molecule has 0 aromatic heterocycles. The summed E-state index contributed by atoms with van der Waals surface area (Å²) in [6.07, 6.45) is 0. The molecule has 1 radical (unpaired) electrons. The SMILES string of the molecule is COc1[c-]cc(C)cc1C.[Y]. The quantitative estimate of drug-likeness (QED) is 0.664. The third-order valence-corrected chi connectivity index (χ3v) is 1.44. The number of rotatable bonds is 1. The van der Waals surface area contributed by atoms with Crippen molar-refractivity contribution in [3.05, 3.63) is 29.3 Å². The molecule has 0 saturated heterocycles. The Morgan fingerprint density at radius 2 is 2.00 bits per heavy atom. The van der Waals surface area contributed by atoms with E-state index in [1.54, 1.807) is 7.11 Å². The average molecular weight is 224 g/mol. The van der Waals surface area contributed by atoms with E-state index >= 15 is 0 Å². The second-order valence-corrected chi connectivity index (χ2v) is 2.39. The van der Waals surface area contributed by atoms with Crippen molar-refractivity contribution >= 4 is 0 Å². The van der Waals surface area contributed by atoms with Gasteiger partial charge < -0.3 is 4.74 Å². The zero-order chi connectivity index (χ0) is 7.56. The van der Waals surface area contributed by atoms with Crippen molar-refractivity contribution in [2.45, 2.75) is 13.8 Å². The normalized spacial score (nSPS) is 8.64. The van der Waals surface area contributed by atoms with Crippen LogP contribution in [0.1, 0.15) is 11.1 Å². The van der Waals surface area contributed by atoms with Crippen molar-refractivity contribution in [2.24, 2.45) is 0 Å². The van der Waals surface area contributed by atoms with E-state index in [-0.39, 0.29) is 32.7 Å². The van der Waals surface area contributed by atoms with E-state index in [1.165, 1.54) is 5.56 Å². The maximum atomic E-state index is 5.04. The van der Waals surface area contributed by atoms with Crippen LogP contribution in [0.5, 0.6) is 5.75 Å². The minimum absolute atomic E-state index is 0. The van der Waals surface area contributed by atoms with Gasteiger partial charge in [0.1, 0.15) is 0 Å². The van der Waals surface area contributed by atoms with Gasteiger partial charge in [-0.2, -0.15) is 17.7 Å². The van der Waals surface area contributed by atoms with Crippen molar-refractivity contribution in [1.29, 1.82) is 0 Å². The van der Waals surface area contributed by atoms with Gasteiger partial charge in [0.15, 0.2) is 0 Å². The maximum absolute atomic E-state index is 5.04. The molecule has 57 valence electrons. The van der Waals surface area contributed by atoms with Crippen molar-refractivity contribution in [3.63, 3.8) is 0 Å². The fraction of sp³-hybridized carbons (Fsp3) is 0.333. The fourth-order valence-corrected chi connectivity index (χ4v) is 0.962. The van der Waals surface area contributed by atoms with Crippen molar-refractivity contribution in [2.75, 3.05) is 7.11 Å². The summed E-state index contributed by atoms with van der Waals surface area (Å²) in [4.78, 5) is 0. The van der Waals surface area contributed by atoms with E-state index in [0.29, 0.717) is 0 Å². The third-order valence-electron chi connectivity index (χ3n) is 1.44. The molecule has 0 aliphatic carbocycles. The first kappa shape index (κ1) is 11.1. The van der Waals surface area contributed by atoms with Crippen LogP contribution in [0.2, 0.25) is 0 Å². The van der Waals surface area contributed by atoms with E-state index in [4.69, 9.17) is 4.74 Å². The number of ether oxygens (including phenoxy) is 1. The minimum Gasteiger partial charge on any atom is -0.522 e. The van der Waals surface area contributed by atoms with Crippen LogP contribution in [0.15, 0.2) is 12.1 Å². The Morgan fingerprint density at radius 1 is 1.36 bits per heavy atom. The molecule has 0 heterocycles. The summed E-state index contributed by atoms with van der Waals surface area (Å²) in [7, 11) is 1.66. The van der Waals surface area contributed by atoms with E-state index in [1.807, 2.05) is 19.9 Å². The zero-order valence-corrected chi connectivity index (χ0v) is 9.98. The molecule has 11 heavy (non-hydrogen) atoms. The standard InChI is InChI=1S/C9H11O.Y/c1-7-4-5-9(10-3)8(2)6-7;/h4,6H,1-3H3;/q-1;. The largest absolute Gasteiger partial charge is 0.522 e. The Kier molecular flexibility index (Phi) is 4.95.